The van der Waals surface area contributed by atoms with Crippen molar-refractivity contribution in [2.24, 2.45) is 5.92 Å². The van der Waals surface area contributed by atoms with Gasteiger partial charge < -0.3 is 10.6 Å². The summed E-state index contributed by atoms with van der Waals surface area (Å²) in [6.45, 7) is 1.57. The zero-order chi connectivity index (χ0) is 30.4. The van der Waals surface area contributed by atoms with Crippen molar-refractivity contribution in [1.29, 1.82) is 0 Å². The molecule has 1 unspecified atom stereocenters. The van der Waals surface area contributed by atoms with Gasteiger partial charge in [0, 0.05) is 18.3 Å². The molecule has 1 aromatic carbocycles. The summed E-state index contributed by atoms with van der Waals surface area (Å²) in [5, 5.41) is 6.43. The number of carbonyl (C=O) groups is 3. The Kier molecular flexibility index (Phi) is 9.99. The minimum atomic E-state index is -3.95. The fourth-order valence-electron chi connectivity index (χ4n) is 5.78. The summed E-state index contributed by atoms with van der Waals surface area (Å²) in [6, 6.07) is 12.5. The normalized spacial score (nSPS) is 19.4. The van der Waals surface area contributed by atoms with Crippen LogP contribution in [0.25, 0.3) is 10.6 Å². The fourth-order valence-corrected chi connectivity index (χ4v) is 8.13. The third-order valence-electron chi connectivity index (χ3n) is 8.12. The van der Waals surface area contributed by atoms with Gasteiger partial charge in [-0.3, -0.25) is 14.4 Å². The van der Waals surface area contributed by atoms with Gasteiger partial charge in [0.05, 0.1) is 18.3 Å². The molecule has 0 spiro atoms. The molecular formula is C31H37N5O5S2. The lowest BCUT2D eigenvalue weighted by Gasteiger charge is -2.27. The minimum Gasteiger partial charge on any atom is -0.344 e. The van der Waals surface area contributed by atoms with Crippen LogP contribution in [0.4, 0.5) is 0 Å². The van der Waals surface area contributed by atoms with Gasteiger partial charge in [0.15, 0.2) is 10.8 Å². The number of rotatable bonds is 9. The molecule has 228 valence electrons. The van der Waals surface area contributed by atoms with Crippen molar-refractivity contribution in [2.75, 3.05) is 13.1 Å². The summed E-state index contributed by atoms with van der Waals surface area (Å²) in [4.78, 5) is 49.4. The van der Waals surface area contributed by atoms with Crippen LogP contribution >= 0.6 is 11.3 Å². The van der Waals surface area contributed by atoms with Crippen LogP contribution in [0.5, 0.6) is 0 Å². The van der Waals surface area contributed by atoms with Crippen LogP contribution in [-0.4, -0.2) is 65.5 Å². The fraction of sp³-hybridized carbons (Fsp3) is 0.452. The van der Waals surface area contributed by atoms with Gasteiger partial charge in [-0.05, 0) is 44.2 Å². The van der Waals surface area contributed by atoms with E-state index in [9.17, 15) is 22.8 Å². The Morgan fingerprint density at radius 1 is 1.02 bits per heavy atom. The predicted molar refractivity (Wildman–Crippen MR) is 164 cm³/mol. The second kappa shape index (κ2) is 13.9. The number of ketones is 1. The van der Waals surface area contributed by atoms with E-state index in [4.69, 9.17) is 0 Å². The van der Waals surface area contributed by atoms with Crippen LogP contribution in [0.3, 0.4) is 0 Å². The van der Waals surface area contributed by atoms with Crippen LogP contribution in [0.15, 0.2) is 59.8 Å². The molecule has 2 fully saturated rings. The highest BCUT2D eigenvalue weighted by Gasteiger charge is 2.35. The number of thiazole rings is 1. The number of benzene rings is 1. The number of pyridine rings is 1. The zero-order valence-electron chi connectivity index (χ0n) is 24.2. The molecule has 1 saturated carbocycles. The maximum Gasteiger partial charge on any atom is 0.263 e. The molecule has 43 heavy (non-hydrogen) atoms. The maximum atomic E-state index is 13.7. The molecule has 2 atom stereocenters. The van der Waals surface area contributed by atoms with Gasteiger partial charge in [-0.2, -0.15) is 4.31 Å². The molecular weight excluding hydrogens is 587 g/mol. The quantitative estimate of drug-likeness (QED) is 0.366. The summed E-state index contributed by atoms with van der Waals surface area (Å²) in [7, 11) is -3.95. The zero-order valence-corrected chi connectivity index (χ0v) is 25.8. The van der Waals surface area contributed by atoms with Gasteiger partial charge in [0.25, 0.3) is 15.9 Å². The van der Waals surface area contributed by atoms with E-state index >= 15 is 0 Å². The lowest BCUT2D eigenvalue weighted by molar-refractivity contribution is -0.129. The molecule has 2 aliphatic rings. The first-order valence-electron chi connectivity index (χ1n) is 14.8. The van der Waals surface area contributed by atoms with Crippen molar-refractivity contribution < 1.29 is 22.8 Å². The molecule has 2 N–H and O–H groups in total. The van der Waals surface area contributed by atoms with Crippen LogP contribution < -0.4 is 10.6 Å². The van der Waals surface area contributed by atoms with Crippen molar-refractivity contribution in [1.82, 2.24) is 24.9 Å². The number of nitrogens with one attached hydrogen (secondary N) is 2. The van der Waals surface area contributed by atoms with Crippen LogP contribution in [0.1, 0.15) is 66.7 Å². The van der Waals surface area contributed by atoms with Crippen molar-refractivity contribution in [3.63, 3.8) is 0 Å². The topological polar surface area (TPSA) is 138 Å². The summed E-state index contributed by atoms with van der Waals surface area (Å²) in [5.41, 5.74) is 1.50. The number of Topliss-reactive ketones (excluding diaryl/α,β-unsaturated/α-hetero) is 1. The first kappa shape index (κ1) is 31.0. The van der Waals surface area contributed by atoms with E-state index in [1.54, 1.807) is 19.1 Å². The van der Waals surface area contributed by atoms with E-state index in [1.165, 1.54) is 23.6 Å². The van der Waals surface area contributed by atoms with Gasteiger partial charge in [-0.15, -0.1) is 11.3 Å². The molecule has 5 rings (SSSR count). The average Bonchev–Trinajstić information content (AvgIpc) is 3.32. The third kappa shape index (κ3) is 7.54. The Bertz CT molecular complexity index is 1540. The number of nitrogens with zero attached hydrogens (tertiary/aromatic N) is 3. The maximum absolute atomic E-state index is 13.7. The van der Waals surface area contributed by atoms with Crippen LogP contribution in [0, 0.1) is 12.8 Å². The molecule has 0 radical (unpaired) electrons. The molecule has 3 heterocycles. The number of aromatic nitrogens is 2. The first-order valence-corrected chi connectivity index (χ1v) is 17.1. The van der Waals surface area contributed by atoms with E-state index in [2.05, 4.69) is 20.6 Å². The van der Waals surface area contributed by atoms with Crippen molar-refractivity contribution >= 4 is 39.0 Å². The second-order valence-electron chi connectivity index (χ2n) is 11.2. The minimum absolute atomic E-state index is 0.116. The van der Waals surface area contributed by atoms with E-state index in [1.807, 2.05) is 30.3 Å². The summed E-state index contributed by atoms with van der Waals surface area (Å²) >= 11 is 1.28. The van der Waals surface area contributed by atoms with Crippen molar-refractivity contribution in [2.45, 2.75) is 75.4 Å². The second-order valence-corrected chi connectivity index (χ2v) is 14.1. The smallest absolute Gasteiger partial charge is 0.263 e. The average molecular weight is 624 g/mol. The number of sulfonamides is 1. The van der Waals surface area contributed by atoms with Crippen molar-refractivity contribution in [3.8, 4) is 10.6 Å². The number of amides is 2. The molecule has 1 aliphatic carbocycles. The molecule has 3 aromatic rings. The molecule has 2 aromatic heterocycles. The SMILES string of the molecule is Cc1nc(-c2ccccc2)sc1C(=O)NC(CC1CCCCC1)C(=O)N[C@H]1CCCN(S(=O)(=O)c2ccccn2)CC1=O. The monoisotopic (exact) mass is 623 g/mol. The summed E-state index contributed by atoms with van der Waals surface area (Å²) < 4.78 is 27.3. The van der Waals surface area contributed by atoms with E-state index < -0.39 is 28.0 Å². The molecule has 10 nitrogen and oxygen atoms in total. The van der Waals surface area contributed by atoms with E-state index in [0.29, 0.717) is 29.8 Å². The number of carbonyl (C=O) groups excluding carboxylic acids is 3. The van der Waals surface area contributed by atoms with Crippen molar-refractivity contribution in [3.05, 3.63) is 65.3 Å². The number of hydrogen-bond donors (Lipinski definition) is 2. The van der Waals surface area contributed by atoms with Crippen LogP contribution in [0.2, 0.25) is 0 Å². The summed E-state index contributed by atoms with van der Waals surface area (Å²) in [6.07, 6.45) is 7.87. The van der Waals surface area contributed by atoms with E-state index in [-0.39, 0.29) is 35.7 Å². The highest BCUT2D eigenvalue weighted by Crippen LogP contribution is 2.30. The Labute approximate surface area is 256 Å². The third-order valence-corrected chi connectivity index (χ3v) is 11.1. The lowest BCUT2D eigenvalue weighted by atomic mass is 9.84. The summed E-state index contributed by atoms with van der Waals surface area (Å²) in [5.74, 6) is -0.897. The molecule has 0 bridgehead atoms. The van der Waals surface area contributed by atoms with Gasteiger partial charge in [0.2, 0.25) is 5.91 Å². The highest BCUT2D eigenvalue weighted by molar-refractivity contribution is 7.89. The van der Waals surface area contributed by atoms with Gasteiger partial charge in [-0.25, -0.2) is 18.4 Å². The highest BCUT2D eigenvalue weighted by atomic mass is 32.2. The Morgan fingerprint density at radius 2 is 1.77 bits per heavy atom. The molecule has 1 saturated heterocycles. The molecule has 2 amide bonds. The Morgan fingerprint density at radius 3 is 2.49 bits per heavy atom. The Balaban J connectivity index is 1.29. The molecule has 12 heteroatoms. The first-order chi connectivity index (χ1) is 20.7. The predicted octanol–water partition coefficient (Wildman–Crippen LogP) is 4.12. The number of aryl methyl sites for hydroxylation is 1. The Hall–Kier alpha value is -3.48. The molecule has 1 aliphatic heterocycles. The van der Waals surface area contributed by atoms with Crippen LogP contribution in [-0.2, 0) is 19.6 Å². The largest absolute Gasteiger partial charge is 0.344 e. The van der Waals surface area contributed by atoms with Gasteiger partial charge in [-0.1, -0.05) is 68.5 Å². The van der Waals surface area contributed by atoms with Gasteiger partial charge >= 0.3 is 0 Å². The van der Waals surface area contributed by atoms with Gasteiger partial charge in [0.1, 0.15) is 15.9 Å². The lowest BCUT2D eigenvalue weighted by Crippen LogP contribution is -2.53. The standard InChI is InChI=1S/C31H37N5O5S2/c1-21-28(42-31(33-21)23-13-6-3-7-14-23)30(39)35-25(19-22-11-4-2-5-12-22)29(38)34-24-15-10-18-36(20-26(24)37)43(40,41)27-16-8-9-17-32-27/h3,6-9,13-14,16-17,22,24-25H,2,4-5,10-12,15,18-20H2,1H3,(H,34,38)(H,35,39)/t24-,25?/m0/s1. The number of hydrogen-bond acceptors (Lipinski definition) is 8. The van der Waals surface area contributed by atoms with E-state index in [0.717, 1.165) is 47.0 Å².